The number of pyridine rings is 1. The third kappa shape index (κ3) is 3.31. The van der Waals surface area contributed by atoms with Gasteiger partial charge in [-0.25, -0.2) is 9.97 Å². The van der Waals surface area contributed by atoms with Crippen LogP contribution in [0.4, 0.5) is 5.69 Å². The van der Waals surface area contributed by atoms with Gasteiger partial charge in [0.05, 0.1) is 6.33 Å². The predicted octanol–water partition coefficient (Wildman–Crippen LogP) is 1.65. The molecule has 86 valence electrons. The lowest BCUT2D eigenvalue weighted by atomic mass is 10.3. The summed E-state index contributed by atoms with van der Waals surface area (Å²) >= 11 is 0. The Bertz CT molecular complexity index is 498. The average molecular weight is 227 g/mol. The van der Waals surface area contributed by atoms with Gasteiger partial charge in [0.2, 0.25) is 0 Å². The van der Waals surface area contributed by atoms with Gasteiger partial charge < -0.3 is 9.88 Å². The second-order valence-corrected chi connectivity index (χ2v) is 3.62. The fourth-order valence-corrected chi connectivity index (χ4v) is 1.52. The molecular weight excluding hydrogens is 214 g/mol. The number of aryl methyl sites for hydroxylation is 1. The Kier molecular flexibility index (Phi) is 3.71. The molecule has 2 aromatic rings. The molecule has 0 amide bonds. The van der Waals surface area contributed by atoms with Gasteiger partial charge in [-0.05, 0) is 18.6 Å². The van der Waals surface area contributed by atoms with Gasteiger partial charge >= 0.3 is 0 Å². The molecule has 2 heterocycles. The zero-order valence-corrected chi connectivity index (χ0v) is 9.37. The first-order valence-electron chi connectivity index (χ1n) is 5.44. The molecule has 0 fully saturated rings. The van der Waals surface area contributed by atoms with Gasteiger partial charge in [-0.15, -0.1) is 0 Å². The first-order chi connectivity index (χ1) is 8.38. The van der Waals surface area contributed by atoms with Gasteiger partial charge in [0.1, 0.15) is 11.8 Å². The van der Waals surface area contributed by atoms with Crippen LogP contribution in [0.5, 0.6) is 0 Å². The summed E-state index contributed by atoms with van der Waals surface area (Å²) in [6.45, 7) is 1.79. The molecule has 0 aliphatic heterocycles. The van der Waals surface area contributed by atoms with Crippen molar-refractivity contribution in [1.82, 2.24) is 14.5 Å². The Hall–Kier alpha value is -2.35. The summed E-state index contributed by atoms with van der Waals surface area (Å²) < 4.78 is 2.04. The molecule has 0 aromatic carbocycles. The van der Waals surface area contributed by atoms with Crippen molar-refractivity contribution >= 4 is 5.69 Å². The minimum Gasteiger partial charge on any atom is -0.385 e. The minimum atomic E-state index is 0.435. The number of imidazole rings is 1. The van der Waals surface area contributed by atoms with Crippen LogP contribution in [0.1, 0.15) is 12.1 Å². The number of aromatic nitrogens is 3. The van der Waals surface area contributed by atoms with Gasteiger partial charge in [-0.2, -0.15) is 5.26 Å². The number of hydrogen-bond donors (Lipinski definition) is 1. The first kappa shape index (κ1) is 11.1. The topological polar surface area (TPSA) is 66.5 Å². The highest BCUT2D eigenvalue weighted by molar-refractivity contribution is 5.45. The molecule has 2 aromatic heterocycles. The van der Waals surface area contributed by atoms with E-state index in [0.29, 0.717) is 5.69 Å². The lowest BCUT2D eigenvalue weighted by Crippen LogP contribution is -2.06. The Balaban J connectivity index is 1.76. The molecule has 5 nitrogen and oxygen atoms in total. The molecule has 17 heavy (non-hydrogen) atoms. The quantitative estimate of drug-likeness (QED) is 0.789. The van der Waals surface area contributed by atoms with Crippen molar-refractivity contribution in [3.8, 4) is 6.07 Å². The molecule has 0 unspecified atom stereocenters. The number of hydrogen-bond acceptors (Lipinski definition) is 4. The van der Waals surface area contributed by atoms with Crippen molar-refractivity contribution in [2.45, 2.75) is 13.0 Å². The Morgan fingerprint density at radius 3 is 3.12 bits per heavy atom. The zero-order valence-electron chi connectivity index (χ0n) is 9.37. The Labute approximate surface area is 99.7 Å². The number of nitrogens with zero attached hydrogens (tertiary/aromatic N) is 4. The molecule has 0 radical (unpaired) electrons. The summed E-state index contributed by atoms with van der Waals surface area (Å²) in [5.41, 5.74) is 1.37. The third-order valence-corrected chi connectivity index (χ3v) is 2.36. The molecular formula is C12H13N5. The number of nitrogens with one attached hydrogen (secondary N) is 1. The van der Waals surface area contributed by atoms with Crippen molar-refractivity contribution in [2.75, 3.05) is 11.9 Å². The largest absolute Gasteiger partial charge is 0.385 e. The molecule has 0 spiro atoms. The van der Waals surface area contributed by atoms with Crippen LogP contribution in [-0.4, -0.2) is 21.1 Å². The first-order valence-corrected chi connectivity index (χ1v) is 5.44. The lowest BCUT2D eigenvalue weighted by molar-refractivity contribution is 0.661. The van der Waals surface area contributed by atoms with E-state index in [2.05, 4.69) is 15.3 Å². The number of anilines is 1. The smallest absolute Gasteiger partial charge is 0.142 e. The summed E-state index contributed by atoms with van der Waals surface area (Å²) in [6, 6.07) is 5.62. The highest BCUT2D eigenvalue weighted by Crippen LogP contribution is 2.07. The Morgan fingerprint density at radius 1 is 1.41 bits per heavy atom. The summed E-state index contributed by atoms with van der Waals surface area (Å²) in [5.74, 6) is 0. The Morgan fingerprint density at radius 2 is 2.35 bits per heavy atom. The maximum Gasteiger partial charge on any atom is 0.142 e. The molecule has 1 N–H and O–H groups in total. The third-order valence-electron chi connectivity index (χ3n) is 2.36. The summed E-state index contributed by atoms with van der Waals surface area (Å²) in [4.78, 5) is 7.89. The maximum atomic E-state index is 8.71. The summed E-state index contributed by atoms with van der Waals surface area (Å²) in [7, 11) is 0. The average Bonchev–Trinajstić information content (AvgIpc) is 2.88. The number of nitriles is 1. The minimum absolute atomic E-state index is 0.435. The van der Waals surface area contributed by atoms with Gasteiger partial charge in [-0.3, -0.25) is 0 Å². The van der Waals surface area contributed by atoms with Crippen LogP contribution >= 0.6 is 0 Å². The van der Waals surface area contributed by atoms with Gasteiger partial charge in [0.25, 0.3) is 0 Å². The zero-order chi connectivity index (χ0) is 11.9. The normalized spacial score (nSPS) is 9.82. The summed E-state index contributed by atoms with van der Waals surface area (Å²) in [6.07, 6.45) is 8.16. The molecule has 0 bridgehead atoms. The highest BCUT2D eigenvalue weighted by atomic mass is 15.0. The van der Waals surface area contributed by atoms with Crippen molar-refractivity contribution in [2.24, 2.45) is 0 Å². The van der Waals surface area contributed by atoms with Crippen molar-refractivity contribution in [1.29, 1.82) is 5.26 Å². The molecule has 0 saturated heterocycles. The van der Waals surface area contributed by atoms with E-state index in [1.165, 1.54) is 0 Å². The van der Waals surface area contributed by atoms with E-state index in [0.717, 1.165) is 25.2 Å². The van der Waals surface area contributed by atoms with Gasteiger partial charge in [0, 0.05) is 37.4 Å². The number of rotatable bonds is 5. The van der Waals surface area contributed by atoms with Crippen molar-refractivity contribution in [3.05, 3.63) is 42.7 Å². The highest BCUT2D eigenvalue weighted by Gasteiger charge is 1.95. The van der Waals surface area contributed by atoms with E-state index in [9.17, 15) is 0 Å². The second kappa shape index (κ2) is 5.66. The van der Waals surface area contributed by atoms with Gasteiger partial charge in [0.15, 0.2) is 0 Å². The van der Waals surface area contributed by atoms with Crippen LogP contribution in [-0.2, 0) is 6.54 Å². The van der Waals surface area contributed by atoms with Crippen LogP contribution in [0.25, 0.3) is 0 Å². The van der Waals surface area contributed by atoms with Crippen LogP contribution in [0.3, 0.4) is 0 Å². The van der Waals surface area contributed by atoms with E-state index < -0.39 is 0 Å². The monoisotopic (exact) mass is 227 g/mol. The molecule has 0 aliphatic carbocycles. The van der Waals surface area contributed by atoms with Crippen LogP contribution in [0, 0.1) is 11.3 Å². The van der Waals surface area contributed by atoms with Crippen LogP contribution in [0.2, 0.25) is 0 Å². The molecule has 0 aliphatic rings. The molecule has 5 heteroatoms. The van der Waals surface area contributed by atoms with Crippen LogP contribution < -0.4 is 5.32 Å². The van der Waals surface area contributed by atoms with Crippen molar-refractivity contribution in [3.63, 3.8) is 0 Å². The van der Waals surface area contributed by atoms with E-state index in [-0.39, 0.29) is 0 Å². The lowest BCUT2D eigenvalue weighted by Gasteiger charge is -2.06. The molecule has 0 saturated carbocycles. The molecule has 0 atom stereocenters. The van der Waals surface area contributed by atoms with Gasteiger partial charge in [-0.1, -0.05) is 0 Å². The standard InChI is InChI=1S/C12H13N5/c13-9-12-8-11(2-4-16-12)15-3-1-6-17-7-5-14-10-17/h2,4-5,7-8,10H,1,3,6H2,(H,15,16). The summed E-state index contributed by atoms with van der Waals surface area (Å²) in [5, 5.41) is 12.0. The fraction of sp³-hybridized carbons (Fsp3) is 0.250. The van der Waals surface area contributed by atoms with Crippen molar-refractivity contribution < 1.29 is 0 Å². The maximum absolute atomic E-state index is 8.71. The fourth-order valence-electron chi connectivity index (χ4n) is 1.52. The van der Waals surface area contributed by atoms with Crippen LogP contribution in [0.15, 0.2) is 37.1 Å². The van der Waals surface area contributed by atoms with E-state index in [1.54, 1.807) is 24.8 Å². The second-order valence-electron chi connectivity index (χ2n) is 3.62. The van der Waals surface area contributed by atoms with E-state index >= 15 is 0 Å². The van der Waals surface area contributed by atoms with E-state index in [4.69, 9.17) is 5.26 Å². The SMILES string of the molecule is N#Cc1cc(NCCCn2ccnc2)ccn1. The predicted molar refractivity (Wildman–Crippen MR) is 64.3 cm³/mol. The van der Waals surface area contributed by atoms with E-state index in [1.807, 2.05) is 22.9 Å². The molecule has 2 rings (SSSR count).